The maximum absolute atomic E-state index is 5.74. The quantitative estimate of drug-likeness (QED) is 0.372. The van der Waals surface area contributed by atoms with Gasteiger partial charge >= 0.3 is 0 Å². The molecule has 0 radical (unpaired) electrons. The van der Waals surface area contributed by atoms with Gasteiger partial charge in [0.2, 0.25) is 0 Å². The third kappa shape index (κ3) is 7.78. The molecule has 2 rings (SSSR count). The summed E-state index contributed by atoms with van der Waals surface area (Å²) in [5, 5.41) is 10.3. The molecule has 0 bridgehead atoms. The van der Waals surface area contributed by atoms with E-state index in [9.17, 15) is 0 Å². The zero-order valence-electron chi connectivity index (χ0n) is 14.1. The average Bonchev–Trinajstić information content (AvgIpc) is 3.09. The lowest BCUT2D eigenvalue weighted by atomic mass is 10.2. The van der Waals surface area contributed by atoms with Crippen LogP contribution in [0, 0.1) is 5.92 Å². The smallest absolute Gasteiger partial charge is 0.191 e. The third-order valence-corrected chi connectivity index (χ3v) is 3.28. The number of halogens is 1. The Labute approximate surface area is 160 Å². The van der Waals surface area contributed by atoms with Crippen molar-refractivity contribution in [3.8, 4) is 0 Å². The van der Waals surface area contributed by atoms with E-state index in [0.29, 0.717) is 25.7 Å². The van der Waals surface area contributed by atoms with E-state index in [1.165, 1.54) is 5.56 Å². The summed E-state index contributed by atoms with van der Waals surface area (Å²) in [6.45, 7) is 4.84. The first-order chi connectivity index (χ1) is 11.3. The Morgan fingerprint density at radius 2 is 2.04 bits per heavy atom. The van der Waals surface area contributed by atoms with Crippen LogP contribution in [0.5, 0.6) is 0 Å². The number of rotatable bonds is 8. The first-order valence-corrected chi connectivity index (χ1v) is 7.73. The number of guanidine groups is 1. The summed E-state index contributed by atoms with van der Waals surface area (Å²) >= 11 is 0. The Hall–Kier alpha value is -1.61. The number of ether oxygens (including phenoxy) is 1. The number of benzene rings is 1. The van der Waals surface area contributed by atoms with Crippen LogP contribution in [0.4, 0.5) is 0 Å². The van der Waals surface area contributed by atoms with Gasteiger partial charge < -0.3 is 19.9 Å². The van der Waals surface area contributed by atoms with Crippen molar-refractivity contribution in [2.75, 3.05) is 20.2 Å². The van der Waals surface area contributed by atoms with Gasteiger partial charge in [-0.2, -0.15) is 0 Å². The van der Waals surface area contributed by atoms with Crippen LogP contribution in [0.25, 0.3) is 0 Å². The molecule has 7 heteroatoms. The van der Waals surface area contributed by atoms with Crippen LogP contribution in [-0.4, -0.2) is 31.3 Å². The lowest BCUT2D eigenvalue weighted by molar-refractivity contribution is 0.0931. The largest absolute Gasteiger partial charge is 0.376 e. The third-order valence-electron chi connectivity index (χ3n) is 3.28. The molecule has 1 aromatic carbocycles. The van der Waals surface area contributed by atoms with E-state index in [1.54, 1.807) is 13.3 Å². The Morgan fingerprint density at radius 3 is 2.71 bits per heavy atom. The summed E-state index contributed by atoms with van der Waals surface area (Å²) in [5.41, 5.74) is 2.03. The summed E-state index contributed by atoms with van der Waals surface area (Å²) < 4.78 is 10.5. The fourth-order valence-electron chi connectivity index (χ4n) is 2.01. The molecule has 0 aliphatic carbocycles. The highest BCUT2D eigenvalue weighted by Crippen LogP contribution is 2.02. The Balaban J connectivity index is 0.00000288. The van der Waals surface area contributed by atoms with Crippen molar-refractivity contribution in [3.63, 3.8) is 0 Å². The van der Waals surface area contributed by atoms with Gasteiger partial charge in [-0.1, -0.05) is 42.4 Å². The number of hydrogen-bond acceptors (Lipinski definition) is 4. The molecule has 0 aliphatic heterocycles. The minimum atomic E-state index is 0. The van der Waals surface area contributed by atoms with Crippen LogP contribution < -0.4 is 10.6 Å². The molecule has 2 aromatic rings. The van der Waals surface area contributed by atoms with Crippen LogP contribution in [0.1, 0.15) is 18.2 Å². The molecule has 132 valence electrons. The Kier molecular flexibility index (Phi) is 10.1. The lowest BCUT2D eigenvalue weighted by Crippen LogP contribution is -2.39. The van der Waals surface area contributed by atoms with Crippen molar-refractivity contribution < 1.29 is 9.26 Å². The molecule has 2 N–H and O–H groups in total. The van der Waals surface area contributed by atoms with Gasteiger partial charge in [-0.05, 0) is 11.5 Å². The second-order valence-corrected chi connectivity index (χ2v) is 5.40. The molecule has 6 nitrogen and oxygen atoms in total. The molecule has 1 aromatic heterocycles. The number of aliphatic imine (C=N–C) groups is 1. The van der Waals surface area contributed by atoms with E-state index in [1.807, 2.05) is 24.3 Å². The molecular weight excluding hydrogens is 419 g/mol. The zero-order valence-corrected chi connectivity index (χ0v) is 16.4. The monoisotopic (exact) mass is 444 g/mol. The van der Waals surface area contributed by atoms with Gasteiger partial charge in [0.15, 0.2) is 5.96 Å². The fourth-order valence-corrected chi connectivity index (χ4v) is 2.01. The Bertz CT molecular complexity index is 576. The van der Waals surface area contributed by atoms with Crippen LogP contribution in [0.15, 0.2) is 52.2 Å². The van der Waals surface area contributed by atoms with Crippen LogP contribution in [0.3, 0.4) is 0 Å². The molecule has 1 unspecified atom stereocenters. The summed E-state index contributed by atoms with van der Waals surface area (Å²) in [7, 11) is 1.74. The number of aromatic nitrogens is 1. The predicted molar refractivity (Wildman–Crippen MR) is 105 cm³/mol. The standard InChI is InChI=1S/C17H24N4O2.HI/c1-14(12-22-13-15-6-4-3-5-7-15)10-19-17(18-2)20-11-16-8-9-23-21-16;/h3-9,14H,10-13H2,1-2H3,(H2,18,19,20);1H. The van der Waals surface area contributed by atoms with Crippen molar-refractivity contribution in [1.82, 2.24) is 15.8 Å². The topological polar surface area (TPSA) is 71.7 Å². The van der Waals surface area contributed by atoms with Crippen molar-refractivity contribution in [2.24, 2.45) is 10.9 Å². The highest BCUT2D eigenvalue weighted by Gasteiger charge is 2.05. The van der Waals surface area contributed by atoms with E-state index in [2.05, 4.69) is 39.8 Å². The van der Waals surface area contributed by atoms with E-state index in [-0.39, 0.29) is 24.0 Å². The maximum atomic E-state index is 5.74. The van der Waals surface area contributed by atoms with E-state index in [4.69, 9.17) is 9.26 Å². The molecular formula is C17H25IN4O2. The molecule has 0 saturated heterocycles. The van der Waals surface area contributed by atoms with E-state index >= 15 is 0 Å². The van der Waals surface area contributed by atoms with E-state index < -0.39 is 0 Å². The maximum Gasteiger partial charge on any atom is 0.191 e. The second-order valence-electron chi connectivity index (χ2n) is 5.40. The van der Waals surface area contributed by atoms with E-state index in [0.717, 1.165) is 18.2 Å². The van der Waals surface area contributed by atoms with Crippen molar-refractivity contribution >= 4 is 29.9 Å². The highest BCUT2D eigenvalue weighted by atomic mass is 127. The van der Waals surface area contributed by atoms with Crippen molar-refractivity contribution in [2.45, 2.75) is 20.1 Å². The van der Waals surface area contributed by atoms with Crippen LogP contribution in [0.2, 0.25) is 0 Å². The minimum absolute atomic E-state index is 0. The summed E-state index contributed by atoms with van der Waals surface area (Å²) in [5.74, 6) is 1.12. The summed E-state index contributed by atoms with van der Waals surface area (Å²) in [6, 6.07) is 12.0. The summed E-state index contributed by atoms with van der Waals surface area (Å²) in [6.07, 6.45) is 1.55. The van der Waals surface area contributed by atoms with Crippen LogP contribution in [-0.2, 0) is 17.9 Å². The lowest BCUT2D eigenvalue weighted by Gasteiger charge is -2.16. The van der Waals surface area contributed by atoms with Gasteiger partial charge in [0.25, 0.3) is 0 Å². The zero-order chi connectivity index (χ0) is 16.3. The van der Waals surface area contributed by atoms with Gasteiger partial charge in [0.05, 0.1) is 19.8 Å². The predicted octanol–water partition coefficient (Wildman–Crippen LogP) is 2.81. The fraction of sp³-hybridized carbons (Fsp3) is 0.412. The summed E-state index contributed by atoms with van der Waals surface area (Å²) in [4.78, 5) is 4.18. The highest BCUT2D eigenvalue weighted by molar-refractivity contribution is 14.0. The SMILES string of the molecule is CN=C(NCc1ccon1)NCC(C)COCc1ccccc1.I. The molecule has 1 atom stereocenters. The molecule has 0 saturated carbocycles. The molecule has 0 fully saturated rings. The van der Waals surface area contributed by atoms with Gasteiger partial charge in [-0.25, -0.2) is 0 Å². The van der Waals surface area contributed by atoms with Gasteiger partial charge in [0, 0.05) is 19.7 Å². The van der Waals surface area contributed by atoms with Crippen molar-refractivity contribution in [1.29, 1.82) is 0 Å². The first kappa shape index (κ1) is 20.4. The van der Waals surface area contributed by atoms with Gasteiger partial charge in [-0.3, -0.25) is 4.99 Å². The first-order valence-electron chi connectivity index (χ1n) is 7.73. The number of hydrogen-bond donors (Lipinski definition) is 2. The average molecular weight is 444 g/mol. The Morgan fingerprint density at radius 1 is 1.25 bits per heavy atom. The molecule has 0 aliphatic rings. The normalized spacial score (nSPS) is 12.3. The molecule has 1 heterocycles. The van der Waals surface area contributed by atoms with Gasteiger partial charge in [-0.15, -0.1) is 24.0 Å². The molecule has 24 heavy (non-hydrogen) atoms. The second kappa shape index (κ2) is 11.9. The van der Waals surface area contributed by atoms with Crippen LogP contribution >= 0.6 is 24.0 Å². The minimum Gasteiger partial charge on any atom is -0.376 e. The molecule has 0 spiro atoms. The number of nitrogens with one attached hydrogen (secondary N) is 2. The van der Waals surface area contributed by atoms with Crippen molar-refractivity contribution in [3.05, 3.63) is 53.9 Å². The van der Waals surface area contributed by atoms with Gasteiger partial charge in [0.1, 0.15) is 12.0 Å². The molecule has 0 amide bonds. The number of nitrogens with zero attached hydrogens (tertiary/aromatic N) is 2.